The largest absolute Gasteiger partial charge is 0.508 e. The summed E-state index contributed by atoms with van der Waals surface area (Å²) >= 11 is 0. The van der Waals surface area contributed by atoms with Crippen molar-refractivity contribution in [2.24, 2.45) is 0 Å². The van der Waals surface area contributed by atoms with E-state index in [0.29, 0.717) is 5.46 Å². The lowest BCUT2D eigenvalue weighted by Crippen LogP contribution is -2.05. The van der Waals surface area contributed by atoms with Crippen molar-refractivity contribution < 1.29 is 5.11 Å². The van der Waals surface area contributed by atoms with Crippen LogP contribution in [0.15, 0.2) is 18.2 Å². The second-order valence-corrected chi connectivity index (χ2v) is 1.99. The van der Waals surface area contributed by atoms with E-state index in [0.717, 1.165) is 5.56 Å². The quantitative estimate of drug-likeness (QED) is 0.491. The Hall–Kier alpha value is -0.915. The standard InChI is InChI=1S/C7H7BO/c1-5-6(8)3-2-4-7(5)9/h2-4,9H,1H3. The zero-order chi connectivity index (χ0) is 6.85. The van der Waals surface area contributed by atoms with Crippen molar-refractivity contribution in [1.29, 1.82) is 0 Å². The minimum absolute atomic E-state index is 0.259. The van der Waals surface area contributed by atoms with Gasteiger partial charge in [-0.2, -0.15) is 0 Å². The molecule has 0 heterocycles. The van der Waals surface area contributed by atoms with E-state index in [2.05, 4.69) is 0 Å². The van der Waals surface area contributed by atoms with Crippen molar-refractivity contribution in [3.8, 4) is 5.75 Å². The van der Waals surface area contributed by atoms with E-state index in [1.54, 1.807) is 25.1 Å². The summed E-state index contributed by atoms with van der Waals surface area (Å²) in [5.74, 6) is 0.259. The Bertz CT molecular complexity index is 200. The molecule has 44 valence electrons. The van der Waals surface area contributed by atoms with Gasteiger partial charge in [-0.15, -0.1) is 0 Å². The molecule has 9 heavy (non-hydrogen) atoms. The van der Waals surface area contributed by atoms with Gasteiger partial charge in [-0.3, -0.25) is 0 Å². The molecule has 0 bridgehead atoms. The predicted octanol–water partition coefficient (Wildman–Crippen LogP) is 0.494. The molecule has 1 N–H and O–H groups in total. The highest BCUT2D eigenvalue weighted by Gasteiger charge is 1.94. The van der Waals surface area contributed by atoms with Gasteiger partial charge in [0.15, 0.2) is 0 Å². The highest BCUT2D eigenvalue weighted by atomic mass is 16.3. The van der Waals surface area contributed by atoms with Crippen LogP contribution >= 0.6 is 0 Å². The molecule has 0 saturated heterocycles. The SMILES string of the molecule is [B]c1cccc(O)c1C. The third-order valence-electron chi connectivity index (χ3n) is 1.35. The van der Waals surface area contributed by atoms with Gasteiger partial charge in [0.05, 0.1) is 0 Å². The molecule has 1 nitrogen and oxygen atoms in total. The summed E-state index contributed by atoms with van der Waals surface area (Å²) < 4.78 is 0. The van der Waals surface area contributed by atoms with E-state index in [1.165, 1.54) is 0 Å². The van der Waals surface area contributed by atoms with Gasteiger partial charge in [-0.25, -0.2) is 0 Å². The van der Waals surface area contributed by atoms with Crippen LogP contribution in [0.4, 0.5) is 0 Å². The Morgan fingerprint density at radius 3 is 2.56 bits per heavy atom. The third kappa shape index (κ3) is 1.07. The first kappa shape index (κ1) is 6.21. The molecule has 0 amide bonds. The van der Waals surface area contributed by atoms with Crippen molar-refractivity contribution in [2.45, 2.75) is 6.92 Å². The zero-order valence-electron chi connectivity index (χ0n) is 5.26. The molecule has 2 heteroatoms. The van der Waals surface area contributed by atoms with E-state index < -0.39 is 0 Å². The summed E-state index contributed by atoms with van der Waals surface area (Å²) in [6.07, 6.45) is 0. The van der Waals surface area contributed by atoms with Crippen LogP contribution in [0.5, 0.6) is 5.75 Å². The molecule has 0 saturated carbocycles. The number of benzene rings is 1. The molecule has 0 aliphatic rings. The molecule has 1 rings (SSSR count). The average Bonchev–Trinajstić information content (AvgIpc) is 1.83. The van der Waals surface area contributed by atoms with Gasteiger partial charge in [0.1, 0.15) is 13.6 Å². The van der Waals surface area contributed by atoms with Crippen molar-refractivity contribution in [3.05, 3.63) is 23.8 Å². The van der Waals surface area contributed by atoms with Crippen molar-refractivity contribution >= 4 is 13.3 Å². The van der Waals surface area contributed by atoms with Crippen molar-refractivity contribution in [1.82, 2.24) is 0 Å². The fourth-order valence-corrected chi connectivity index (χ4v) is 0.641. The molecule has 0 atom stereocenters. The molecule has 2 radical (unpaired) electrons. The number of phenolic OH excluding ortho intramolecular Hbond substituents is 1. The first-order valence-electron chi connectivity index (χ1n) is 2.76. The highest BCUT2D eigenvalue weighted by Crippen LogP contribution is 2.10. The predicted molar refractivity (Wildman–Crippen MR) is 38.2 cm³/mol. The van der Waals surface area contributed by atoms with Crippen LogP contribution < -0.4 is 5.46 Å². The third-order valence-corrected chi connectivity index (χ3v) is 1.35. The Morgan fingerprint density at radius 2 is 2.11 bits per heavy atom. The number of hydrogen-bond acceptors (Lipinski definition) is 1. The lowest BCUT2D eigenvalue weighted by atomic mass is 9.91. The molecule has 0 fully saturated rings. The summed E-state index contributed by atoms with van der Waals surface area (Å²) in [7, 11) is 5.46. The van der Waals surface area contributed by atoms with Crippen LogP contribution in [0.25, 0.3) is 0 Å². The van der Waals surface area contributed by atoms with Crippen LogP contribution in [0.1, 0.15) is 5.56 Å². The molecule has 0 aromatic heterocycles. The number of aromatic hydroxyl groups is 1. The summed E-state index contributed by atoms with van der Waals surface area (Å²) in [6, 6.07) is 5.10. The van der Waals surface area contributed by atoms with Gasteiger partial charge in [-0.1, -0.05) is 17.6 Å². The second-order valence-electron chi connectivity index (χ2n) is 1.99. The van der Waals surface area contributed by atoms with Crippen LogP contribution in [0, 0.1) is 6.92 Å². The summed E-state index contributed by atoms with van der Waals surface area (Å²) in [5.41, 5.74) is 1.38. The van der Waals surface area contributed by atoms with E-state index in [9.17, 15) is 0 Å². The fraction of sp³-hybridized carbons (Fsp3) is 0.143. The molecule has 0 aliphatic carbocycles. The molecule has 0 spiro atoms. The Balaban J connectivity index is 3.25. The van der Waals surface area contributed by atoms with Crippen LogP contribution in [-0.4, -0.2) is 13.0 Å². The van der Waals surface area contributed by atoms with E-state index in [4.69, 9.17) is 13.0 Å². The monoisotopic (exact) mass is 118 g/mol. The lowest BCUT2D eigenvalue weighted by Gasteiger charge is -1.99. The topological polar surface area (TPSA) is 20.2 Å². The van der Waals surface area contributed by atoms with Crippen molar-refractivity contribution in [2.75, 3.05) is 0 Å². The minimum atomic E-state index is 0.259. The second kappa shape index (κ2) is 2.13. The van der Waals surface area contributed by atoms with Crippen LogP contribution in [0.3, 0.4) is 0 Å². The van der Waals surface area contributed by atoms with E-state index in [1.807, 2.05) is 0 Å². The van der Waals surface area contributed by atoms with Gasteiger partial charge in [0.2, 0.25) is 0 Å². The number of hydrogen-bond donors (Lipinski definition) is 1. The van der Waals surface area contributed by atoms with Gasteiger partial charge in [-0.05, 0) is 18.6 Å². The first-order valence-corrected chi connectivity index (χ1v) is 2.76. The molecular formula is C7H7BO. The van der Waals surface area contributed by atoms with Crippen LogP contribution in [0.2, 0.25) is 0 Å². The smallest absolute Gasteiger partial charge is 0.117 e. The van der Waals surface area contributed by atoms with Crippen LogP contribution in [-0.2, 0) is 0 Å². The average molecular weight is 118 g/mol. The van der Waals surface area contributed by atoms with Gasteiger partial charge in [0.25, 0.3) is 0 Å². The van der Waals surface area contributed by atoms with E-state index in [-0.39, 0.29) is 5.75 Å². The Morgan fingerprint density at radius 1 is 1.44 bits per heavy atom. The first-order chi connectivity index (χ1) is 4.22. The molecule has 0 aliphatic heterocycles. The maximum absolute atomic E-state index is 9.02. The summed E-state index contributed by atoms with van der Waals surface area (Å²) in [6.45, 7) is 1.78. The molecule has 1 aromatic rings. The normalized spacial score (nSPS) is 9.44. The maximum atomic E-state index is 9.02. The molecular weight excluding hydrogens is 111 g/mol. The van der Waals surface area contributed by atoms with Crippen molar-refractivity contribution in [3.63, 3.8) is 0 Å². The minimum Gasteiger partial charge on any atom is -0.508 e. The molecule has 1 aromatic carbocycles. The Labute approximate surface area is 55.7 Å². The summed E-state index contributed by atoms with van der Waals surface area (Å²) in [4.78, 5) is 0. The van der Waals surface area contributed by atoms with E-state index >= 15 is 0 Å². The Kier molecular flexibility index (Phi) is 1.47. The highest BCUT2D eigenvalue weighted by molar-refractivity contribution is 6.33. The zero-order valence-corrected chi connectivity index (χ0v) is 5.26. The summed E-state index contributed by atoms with van der Waals surface area (Å²) in [5, 5.41) is 9.02. The number of phenols is 1. The lowest BCUT2D eigenvalue weighted by molar-refractivity contribution is 0.472. The number of rotatable bonds is 0. The van der Waals surface area contributed by atoms with Gasteiger partial charge < -0.3 is 5.11 Å². The van der Waals surface area contributed by atoms with Gasteiger partial charge in [0, 0.05) is 0 Å². The maximum Gasteiger partial charge on any atom is 0.117 e. The molecule has 0 unspecified atom stereocenters. The van der Waals surface area contributed by atoms with Gasteiger partial charge >= 0.3 is 0 Å². The fourth-order valence-electron chi connectivity index (χ4n) is 0.641.